The lowest BCUT2D eigenvalue weighted by atomic mass is 9.92. The number of hydrogen-bond donors (Lipinski definition) is 4. The van der Waals surface area contributed by atoms with Gasteiger partial charge in [-0.3, -0.25) is 0 Å². The molecule has 0 aromatic heterocycles. The molecule has 0 bridgehead atoms. The molecule has 2 aliphatic heterocycles. The Balaban J connectivity index is 1.87. The number of benzene rings is 2. The van der Waals surface area contributed by atoms with Crippen LogP contribution in [0.15, 0.2) is 58.6 Å². The van der Waals surface area contributed by atoms with Crippen LogP contribution in [-0.2, 0) is 15.5 Å². The molecule has 2 atom stereocenters. The highest BCUT2D eigenvalue weighted by Gasteiger charge is 2.37. The molecule has 0 amide bonds. The smallest absolute Gasteiger partial charge is 0.195 e. The molecule has 2 aromatic rings. The standard InChI is InChI=1S/C28H40N6O3S/c1-18(2)24-17-30-13-14-34(24)23-16-25(37-6)21(15-20(23)5)28(11-12-31-27(29)33-28)32-22-9-7-8-10-26(22)38(35,36)19(3)4/h7-12,15-16,18-19,24,30,32H,13-14,17H2,1-6H3,(H3,29,31,33). The van der Waals surface area contributed by atoms with Gasteiger partial charge in [-0.25, -0.2) is 13.4 Å². The lowest BCUT2D eigenvalue weighted by Crippen LogP contribution is -2.54. The predicted molar refractivity (Wildman–Crippen MR) is 155 cm³/mol. The number of nitrogens with zero attached hydrogens (tertiary/aromatic N) is 2. The third-order valence-corrected chi connectivity index (χ3v) is 9.49. The number of sulfone groups is 1. The van der Waals surface area contributed by atoms with Crippen molar-refractivity contribution in [3.05, 3.63) is 59.8 Å². The first-order valence-corrected chi connectivity index (χ1v) is 14.6. The molecule has 0 radical (unpaired) electrons. The number of nitrogens with one attached hydrogen (secondary N) is 3. The van der Waals surface area contributed by atoms with Gasteiger partial charge in [0.25, 0.3) is 0 Å². The number of anilines is 2. The second-order valence-corrected chi connectivity index (χ2v) is 13.0. The van der Waals surface area contributed by atoms with Gasteiger partial charge in [0.05, 0.1) is 22.9 Å². The monoisotopic (exact) mass is 540 g/mol. The van der Waals surface area contributed by atoms with Crippen molar-refractivity contribution in [2.24, 2.45) is 16.6 Å². The lowest BCUT2D eigenvalue weighted by Gasteiger charge is -2.42. The highest BCUT2D eigenvalue weighted by atomic mass is 32.2. The number of aliphatic imine (C=N–C) groups is 1. The van der Waals surface area contributed by atoms with E-state index in [1.807, 2.05) is 6.08 Å². The summed E-state index contributed by atoms with van der Waals surface area (Å²) in [6.45, 7) is 12.6. The van der Waals surface area contributed by atoms with Crippen LogP contribution in [0.25, 0.3) is 0 Å². The van der Waals surface area contributed by atoms with Gasteiger partial charge in [-0.2, -0.15) is 0 Å². The van der Waals surface area contributed by atoms with E-state index in [9.17, 15) is 8.42 Å². The summed E-state index contributed by atoms with van der Waals surface area (Å²) in [5.74, 6) is 1.30. The molecule has 10 heteroatoms. The quantitative estimate of drug-likeness (QED) is 0.403. The van der Waals surface area contributed by atoms with Crippen LogP contribution < -0.4 is 31.3 Å². The van der Waals surface area contributed by atoms with Gasteiger partial charge >= 0.3 is 0 Å². The summed E-state index contributed by atoms with van der Waals surface area (Å²) >= 11 is 0. The van der Waals surface area contributed by atoms with E-state index in [0.717, 1.165) is 36.4 Å². The number of piperazine rings is 1. The van der Waals surface area contributed by atoms with Gasteiger partial charge in [0.1, 0.15) is 5.75 Å². The molecule has 0 saturated carbocycles. The van der Waals surface area contributed by atoms with Crippen LogP contribution in [0, 0.1) is 12.8 Å². The van der Waals surface area contributed by atoms with Crippen LogP contribution in [0.2, 0.25) is 0 Å². The zero-order chi connectivity index (χ0) is 27.7. The maximum atomic E-state index is 13.2. The van der Waals surface area contributed by atoms with E-state index in [2.05, 4.69) is 53.8 Å². The molecule has 0 aliphatic carbocycles. The molecular formula is C28H40N6O3S. The first-order valence-electron chi connectivity index (χ1n) is 13.1. The van der Waals surface area contributed by atoms with E-state index in [1.54, 1.807) is 51.4 Å². The van der Waals surface area contributed by atoms with Gasteiger partial charge in [0.15, 0.2) is 21.5 Å². The van der Waals surface area contributed by atoms with Gasteiger partial charge in [0.2, 0.25) is 0 Å². The highest BCUT2D eigenvalue weighted by Crippen LogP contribution is 2.42. The SMILES string of the molecule is COc1cc(N2CCNCC2C(C)C)c(C)cc1C1(Nc2ccccc2S(=O)(=O)C(C)C)C=CNC(N)=N1. The molecule has 38 heavy (non-hydrogen) atoms. The van der Waals surface area contributed by atoms with E-state index >= 15 is 0 Å². The number of para-hydroxylation sites is 1. The zero-order valence-electron chi connectivity index (χ0n) is 23.1. The Kier molecular flexibility index (Phi) is 7.94. The molecule has 2 aromatic carbocycles. The number of hydrogen-bond acceptors (Lipinski definition) is 9. The normalized spacial score (nSPS) is 21.8. The van der Waals surface area contributed by atoms with Crippen molar-refractivity contribution in [3.8, 4) is 5.75 Å². The lowest BCUT2D eigenvalue weighted by molar-refractivity contribution is 0.385. The van der Waals surface area contributed by atoms with Crippen molar-refractivity contribution in [2.45, 2.75) is 56.5 Å². The Hall–Kier alpha value is -3.24. The largest absolute Gasteiger partial charge is 0.496 e. The van der Waals surface area contributed by atoms with Gasteiger partial charge in [-0.15, -0.1) is 0 Å². The van der Waals surface area contributed by atoms with E-state index < -0.39 is 20.8 Å². The van der Waals surface area contributed by atoms with E-state index in [-0.39, 0.29) is 10.9 Å². The second-order valence-electron chi connectivity index (χ2n) is 10.5. The topological polar surface area (TPSA) is 121 Å². The van der Waals surface area contributed by atoms with Crippen molar-refractivity contribution in [2.75, 3.05) is 37.0 Å². The Morgan fingerprint density at radius 1 is 1.21 bits per heavy atom. The third kappa shape index (κ3) is 5.19. The molecule has 1 saturated heterocycles. The van der Waals surface area contributed by atoms with Gasteiger partial charge in [0, 0.05) is 49.2 Å². The Bertz CT molecular complexity index is 1340. The molecule has 9 nitrogen and oxygen atoms in total. The molecular weight excluding hydrogens is 500 g/mol. The summed E-state index contributed by atoms with van der Waals surface area (Å²) in [6.07, 6.45) is 3.55. The van der Waals surface area contributed by atoms with Crippen LogP contribution in [0.1, 0.15) is 38.8 Å². The summed E-state index contributed by atoms with van der Waals surface area (Å²) in [6, 6.07) is 11.4. The van der Waals surface area contributed by atoms with Crippen LogP contribution in [0.5, 0.6) is 5.75 Å². The number of rotatable bonds is 8. The van der Waals surface area contributed by atoms with Crippen LogP contribution in [0.4, 0.5) is 11.4 Å². The molecule has 206 valence electrons. The summed E-state index contributed by atoms with van der Waals surface area (Å²) in [7, 11) is -1.93. The summed E-state index contributed by atoms with van der Waals surface area (Å²) in [5.41, 5.74) is 8.32. The maximum absolute atomic E-state index is 13.2. The summed E-state index contributed by atoms with van der Waals surface area (Å²) in [4.78, 5) is 7.43. The number of ether oxygens (including phenoxy) is 1. The van der Waals surface area contributed by atoms with Crippen LogP contribution in [0.3, 0.4) is 0 Å². The summed E-state index contributed by atoms with van der Waals surface area (Å²) < 4.78 is 32.4. The minimum Gasteiger partial charge on any atom is -0.496 e. The first kappa shape index (κ1) is 27.8. The van der Waals surface area contributed by atoms with E-state index in [1.165, 1.54) is 0 Å². The van der Waals surface area contributed by atoms with Crippen LogP contribution >= 0.6 is 0 Å². The molecule has 2 aliphatic rings. The fourth-order valence-electron chi connectivity index (χ4n) is 5.15. The average molecular weight is 541 g/mol. The molecule has 5 N–H and O–H groups in total. The molecule has 2 heterocycles. The zero-order valence-corrected chi connectivity index (χ0v) is 23.9. The first-order chi connectivity index (χ1) is 18.0. The van der Waals surface area contributed by atoms with Crippen molar-refractivity contribution in [1.29, 1.82) is 0 Å². The van der Waals surface area contributed by atoms with Crippen molar-refractivity contribution in [3.63, 3.8) is 0 Å². The molecule has 2 unspecified atom stereocenters. The van der Waals surface area contributed by atoms with E-state index in [0.29, 0.717) is 23.4 Å². The average Bonchev–Trinajstić information content (AvgIpc) is 2.88. The minimum atomic E-state index is -3.57. The van der Waals surface area contributed by atoms with Gasteiger partial charge in [-0.05, 0) is 56.5 Å². The summed E-state index contributed by atoms with van der Waals surface area (Å²) in [5, 5.41) is 9.27. The Labute approximate surface area is 226 Å². The van der Waals surface area contributed by atoms with E-state index in [4.69, 9.17) is 15.5 Å². The van der Waals surface area contributed by atoms with Gasteiger partial charge in [-0.1, -0.05) is 26.0 Å². The molecule has 4 rings (SSSR count). The number of methoxy groups -OCH3 is 1. The Morgan fingerprint density at radius 3 is 2.61 bits per heavy atom. The second kappa shape index (κ2) is 10.9. The van der Waals surface area contributed by atoms with Crippen molar-refractivity contribution >= 4 is 27.2 Å². The van der Waals surface area contributed by atoms with Crippen molar-refractivity contribution in [1.82, 2.24) is 10.6 Å². The fraction of sp³-hybridized carbons (Fsp3) is 0.464. The third-order valence-electron chi connectivity index (χ3n) is 7.28. The minimum absolute atomic E-state index is 0.204. The van der Waals surface area contributed by atoms with Crippen LogP contribution in [-0.4, -0.2) is 52.4 Å². The highest BCUT2D eigenvalue weighted by molar-refractivity contribution is 7.92. The Morgan fingerprint density at radius 2 is 1.95 bits per heavy atom. The molecule has 1 fully saturated rings. The molecule has 0 spiro atoms. The predicted octanol–water partition coefficient (Wildman–Crippen LogP) is 3.32. The maximum Gasteiger partial charge on any atom is 0.195 e. The fourth-order valence-corrected chi connectivity index (χ4v) is 6.35. The number of aryl methyl sites for hydroxylation is 1. The van der Waals surface area contributed by atoms with Crippen molar-refractivity contribution < 1.29 is 13.2 Å². The number of nitrogens with two attached hydrogens (primary N) is 1. The number of guanidine groups is 1. The van der Waals surface area contributed by atoms with Gasteiger partial charge < -0.3 is 31.3 Å².